The van der Waals surface area contributed by atoms with Gasteiger partial charge in [0.15, 0.2) is 0 Å². The number of nitrogens with one attached hydrogen (secondary N) is 1. The Hall–Kier alpha value is -0.470. The largest absolute Gasteiger partial charge is 0.345 e. The molecule has 0 fully saturated rings. The topological polar surface area (TPSA) is 42.0 Å². The predicted molar refractivity (Wildman–Crippen MR) is 84.9 cm³/mol. The lowest BCUT2D eigenvalue weighted by molar-refractivity contribution is 0.0950. The van der Waals surface area contributed by atoms with E-state index in [4.69, 9.17) is 0 Å². The quantitative estimate of drug-likeness (QED) is 0.744. The minimum absolute atomic E-state index is 0.0896. The Balaban J connectivity index is 2.05. The van der Waals surface area contributed by atoms with Crippen LogP contribution in [0.5, 0.6) is 0 Å². The lowest BCUT2D eigenvalue weighted by Gasteiger charge is -2.06. The maximum absolute atomic E-state index is 12.0. The lowest BCUT2D eigenvalue weighted by Crippen LogP contribution is -2.23. The molecule has 0 unspecified atom stereocenters. The molecule has 1 amide bonds. The van der Waals surface area contributed by atoms with Crippen molar-refractivity contribution in [2.24, 2.45) is 0 Å². The van der Waals surface area contributed by atoms with Gasteiger partial charge in [0, 0.05) is 19.1 Å². The maximum atomic E-state index is 12.0. The van der Waals surface area contributed by atoms with Gasteiger partial charge in [-0.1, -0.05) is 0 Å². The Labute approximate surface area is 131 Å². The summed E-state index contributed by atoms with van der Waals surface area (Å²) >= 11 is 7.13. The van der Waals surface area contributed by atoms with Crippen molar-refractivity contribution in [3.8, 4) is 0 Å². The highest BCUT2D eigenvalue weighted by molar-refractivity contribution is 14.1. The van der Waals surface area contributed by atoms with Gasteiger partial charge in [-0.3, -0.25) is 4.79 Å². The molecule has 0 aliphatic rings. The smallest absolute Gasteiger partial charge is 0.252 e. The Morgan fingerprint density at radius 3 is 3.00 bits per heavy atom. The number of rotatable bonds is 3. The molecule has 3 nitrogen and oxygen atoms in total. The third kappa shape index (κ3) is 3.52. The molecule has 0 radical (unpaired) electrons. The van der Waals surface area contributed by atoms with Crippen molar-refractivity contribution in [3.05, 3.63) is 47.9 Å². The van der Waals surface area contributed by atoms with Crippen LogP contribution in [0.1, 0.15) is 21.1 Å². The zero-order valence-corrected chi connectivity index (χ0v) is 14.1. The second-order valence-corrected chi connectivity index (χ2v) is 6.73. The summed E-state index contributed by atoms with van der Waals surface area (Å²) in [5.41, 5.74) is 1.63. The maximum Gasteiger partial charge on any atom is 0.252 e. The van der Waals surface area contributed by atoms with E-state index in [2.05, 4.69) is 48.8 Å². The van der Waals surface area contributed by atoms with E-state index in [-0.39, 0.29) is 5.91 Å². The number of aryl methyl sites for hydroxylation is 1. The van der Waals surface area contributed by atoms with Crippen molar-refractivity contribution >= 4 is 55.8 Å². The van der Waals surface area contributed by atoms with E-state index < -0.39 is 0 Å². The molecule has 2 rings (SSSR count). The van der Waals surface area contributed by atoms with Crippen molar-refractivity contribution in [2.45, 2.75) is 13.5 Å². The number of carbonyl (C=O) groups is 1. The minimum Gasteiger partial charge on any atom is -0.345 e. The van der Waals surface area contributed by atoms with Gasteiger partial charge in [0.1, 0.15) is 5.01 Å². The van der Waals surface area contributed by atoms with Crippen LogP contribution >= 0.6 is 49.9 Å². The lowest BCUT2D eigenvalue weighted by atomic mass is 10.2. The molecule has 1 heterocycles. The first-order chi connectivity index (χ1) is 8.56. The zero-order valence-electron chi connectivity index (χ0n) is 9.54. The SMILES string of the molecule is Cc1csc(CNC(=O)c2cc(I)ccc2Br)n1. The summed E-state index contributed by atoms with van der Waals surface area (Å²) in [6.07, 6.45) is 0. The van der Waals surface area contributed by atoms with E-state index in [1.807, 2.05) is 30.5 Å². The normalized spacial score (nSPS) is 10.4. The molecular weight excluding hydrogens is 427 g/mol. The van der Waals surface area contributed by atoms with Gasteiger partial charge in [-0.05, 0) is 63.6 Å². The third-order valence-electron chi connectivity index (χ3n) is 2.24. The van der Waals surface area contributed by atoms with E-state index in [1.54, 1.807) is 11.3 Å². The van der Waals surface area contributed by atoms with Gasteiger partial charge < -0.3 is 5.32 Å². The predicted octanol–water partition coefficient (Wildman–Crippen LogP) is 3.75. The number of hydrogen-bond donors (Lipinski definition) is 1. The number of aromatic nitrogens is 1. The van der Waals surface area contributed by atoms with Crippen molar-refractivity contribution in [2.75, 3.05) is 0 Å². The molecule has 6 heteroatoms. The van der Waals surface area contributed by atoms with Gasteiger partial charge in [0.25, 0.3) is 5.91 Å². The summed E-state index contributed by atoms with van der Waals surface area (Å²) in [4.78, 5) is 16.3. The van der Waals surface area contributed by atoms with E-state index >= 15 is 0 Å². The molecular formula is C12H10BrIN2OS. The van der Waals surface area contributed by atoms with Gasteiger partial charge >= 0.3 is 0 Å². The van der Waals surface area contributed by atoms with Crippen molar-refractivity contribution < 1.29 is 4.79 Å². The van der Waals surface area contributed by atoms with Crippen LogP contribution < -0.4 is 5.32 Å². The second-order valence-electron chi connectivity index (χ2n) is 3.69. The number of carbonyl (C=O) groups excluding carboxylic acids is 1. The van der Waals surface area contributed by atoms with Crippen molar-refractivity contribution in [1.29, 1.82) is 0 Å². The summed E-state index contributed by atoms with van der Waals surface area (Å²) in [6, 6.07) is 5.68. The van der Waals surface area contributed by atoms with Crippen LogP contribution in [0.25, 0.3) is 0 Å². The molecule has 94 valence electrons. The molecule has 0 aliphatic heterocycles. The van der Waals surface area contributed by atoms with E-state index in [1.165, 1.54) is 0 Å². The number of amides is 1. The second kappa shape index (κ2) is 6.12. The van der Waals surface area contributed by atoms with E-state index in [9.17, 15) is 4.79 Å². The van der Waals surface area contributed by atoms with E-state index in [0.29, 0.717) is 12.1 Å². The first-order valence-electron chi connectivity index (χ1n) is 5.20. The van der Waals surface area contributed by atoms with Crippen LogP contribution in [0.4, 0.5) is 0 Å². The number of halogens is 2. The van der Waals surface area contributed by atoms with Crippen LogP contribution in [-0.4, -0.2) is 10.9 Å². The van der Waals surface area contributed by atoms with Crippen molar-refractivity contribution in [3.63, 3.8) is 0 Å². The Kier molecular flexibility index (Phi) is 4.74. The molecule has 0 spiro atoms. The fraction of sp³-hybridized carbons (Fsp3) is 0.167. The number of hydrogen-bond acceptors (Lipinski definition) is 3. The zero-order chi connectivity index (χ0) is 13.1. The summed E-state index contributed by atoms with van der Waals surface area (Å²) in [7, 11) is 0. The summed E-state index contributed by atoms with van der Waals surface area (Å²) in [6.45, 7) is 2.41. The van der Waals surface area contributed by atoms with Crippen LogP contribution in [0.15, 0.2) is 28.1 Å². The van der Waals surface area contributed by atoms with Gasteiger partial charge in [0.2, 0.25) is 0 Å². The molecule has 0 aliphatic carbocycles. The van der Waals surface area contributed by atoms with Gasteiger partial charge in [-0.15, -0.1) is 11.3 Å². The first-order valence-corrected chi connectivity index (χ1v) is 7.95. The van der Waals surface area contributed by atoms with Crippen LogP contribution in [0, 0.1) is 10.5 Å². The highest BCUT2D eigenvalue weighted by Crippen LogP contribution is 2.19. The Bertz CT molecular complexity index is 585. The average Bonchev–Trinajstić information content (AvgIpc) is 2.75. The van der Waals surface area contributed by atoms with Crippen LogP contribution in [-0.2, 0) is 6.54 Å². The molecule has 0 bridgehead atoms. The Morgan fingerprint density at radius 1 is 1.56 bits per heavy atom. The van der Waals surface area contributed by atoms with Crippen LogP contribution in [0.3, 0.4) is 0 Å². The van der Waals surface area contributed by atoms with Crippen molar-refractivity contribution in [1.82, 2.24) is 10.3 Å². The molecule has 18 heavy (non-hydrogen) atoms. The number of nitrogens with zero attached hydrogens (tertiary/aromatic N) is 1. The highest BCUT2D eigenvalue weighted by Gasteiger charge is 2.10. The average molecular weight is 437 g/mol. The monoisotopic (exact) mass is 436 g/mol. The molecule has 1 N–H and O–H groups in total. The molecule has 0 saturated carbocycles. The Morgan fingerprint density at radius 2 is 2.33 bits per heavy atom. The van der Waals surface area contributed by atoms with E-state index in [0.717, 1.165) is 18.7 Å². The fourth-order valence-electron chi connectivity index (χ4n) is 1.41. The molecule has 1 aromatic heterocycles. The van der Waals surface area contributed by atoms with Gasteiger partial charge in [-0.2, -0.15) is 0 Å². The molecule has 0 saturated heterocycles. The minimum atomic E-state index is -0.0896. The summed E-state index contributed by atoms with van der Waals surface area (Å²) in [5.74, 6) is -0.0896. The summed E-state index contributed by atoms with van der Waals surface area (Å²) in [5, 5.41) is 5.77. The van der Waals surface area contributed by atoms with Gasteiger partial charge in [0.05, 0.1) is 12.1 Å². The third-order valence-corrected chi connectivity index (χ3v) is 4.57. The molecule has 1 aromatic carbocycles. The number of benzene rings is 1. The van der Waals surface area contributed by atoms with Gasteiger partial charge in [-0.25, -0.2) is 4.98 Å². The first kappa shape index (κ1) is 14.0. The van der Waals surface area contributed by atoms with Crippen LogP contribution in [0.2, 0.25) is 0 Å². The number of thiazole rings is 1. The highest BCUT2D eigenvalue weighted by atomic mass is 127. The molecule has 0 atom stereocenters. The molecule has 2 aromatic rings. The standard InChI is InChI=1S/C12H10BrIN2OS/c1-7-6-18-11(16-7)5-15-12(17)9-4-8(14)2-3-10(9)13/h2-4,6H,5H2,1H3,(H,15,17). The summed E-state index contributed by atoms with van der Waals surface area (Å²) < 4.78 is 1.83. The fourth-order valence-corrected chi connectivity index (χ4v) is 3.04.